The van der Waals surface area contributed by atoms with Crippen molar-refractivity contribution in [2.24, 2.45) is 0 Å². The van der Waals surface area contributed by atoms with Crippen molar-refractivity contribution >= 4 is 5.97 Å². The molecular weight excluding hydrogens is 258 g/mol. The minimum atomic E-state index is -0.603. The third-order valence-electron chi connectivity index (χ3n) is 3.84. The highest BCUT2D eigenvalue weighted by molar-refractivity contribution is 5.86. The molecule has 1 saturated carbocycles. The van der Waals surface area contributed by atoms with Crippen LogP contribution in [0.4, 0.5) is 0 Å². The van der Waals surface area contributed by atoms with E-state index in [4.69, 9.17) is 4.42 Å². The van der Waals surface area contributed by atoms with Gasteiger partial charge in [-0.25, -0.2) is 4.79 Å². The van der Waals surface area contributed by atoms with Crippen molar-refractivity contribution in [3.63, 3.8) is 0 Å². The molecule has 0 aliphatic heterocycles. The summed E-state index contributed by atoms with van der Waals surface area (Å²) in [6, 6.07) is 3.35. The second kappa shape index (κ2) is 6.90. The van der Waals surface area contributed by atoms with E-state index in [1.165, 1.54) is 20.0 Å². The van der Waals surface area contributed by atoms with Crippen molar-refractivity contribution in [3.05, 3.63) is 23.7 Å². The zero-order chi connectivity index (χ0) is 14.4. The first-order chi connectivity index (χ1) is 9.63. The molecule has 0 unspecified atom stereocenters. The van der Waals surface area contributed by atoms with Crippen LogP contribution < -0.4 is 5.32 Å². The molecule has 0 amide bonds. The molecule has 112 valence electrons. The van der Waals surface area contributed by atoms with Crippen molar-refractivity contribution in [3.8, 4) is 0 Å². The van der Waals surface area contributed by atoms with Crippen molar-refractivity contribution in [1.82, 2.24) is 5.32 Å². The lowest BCUT2D eigenvalue weighted by Crippen LogP contribution is -2.39. The van der Waals surface area contributed by atoms with Gasteiger partial charge in [0.25, 0.3) is 0 Å². The van der Waals surface area contributed by atoms with Crippen LogP contribution in [0.15, 0.2) is 16.5 Å². The van der Waals surface area contributed by atoms with E-state index in [0.717, 1.165) is 25.7 Å². The molecule has 2 N–H and O–H groups in total. The van der Waals surface area contributed by atoms with Crippen molar-refractivity contribution in [1.29, 1.82) is 0 Å². The number of esters is 1. The van der Waals surface area contributed by atoms with Gasteiger partial charge in [0.15, 0.2) is 0 Å². The van der Waals surface area contributed by atoms with E-state index in [9.17, 15) is 9.90 Å². The maximum absolute atomic E-state index is 11.3. The first kappa shape index (κ1) is 15.1. The number of hydrogen-bond acceptors (Lipinski definition) is 5. The van der Waals surface area contributed by atoms with Crippen LogP contribution in [0.3, 0.4) is 0 Å². The highest BCUT2D eigenvalue weighted by Crippen LogP contribution is 2.26. The molecule has 5 heteroatoms. The van der Waals surface area contributed by atoms with Crippen LogP contribution in [-0.4, -0.2) is 30.3 Å². The van der Waals surface area contributed by atoms with Gasteiger partial charge in [-0.05, 0) is 25.0 Å². The number of ether oxygens (including phenoxy) is 1. The molecule has 5 nitrogen and oxygen atoms in total. The van der Waals surface area contributed by atoms with Crippen LogP contribution in [0.5, 0.6) is 0 Å². The number of furan rings is 1. The first-order valence-corrected chi connectivity index (χ1v) is 7.23. The Bertz CT molecular complexity index is 433. The summed E-state index contributed by atoms with van der Waals surface area (Å²) in [5.74, 6) is 0.402. The maximum atomic E-state index is 11.3. The van der Waals surface area contributed by atoms with Gasteiger partial charge in [0.05, 0.1) is 19.3 Å². The lowest BCUT2D eigenvalue weighted by Gasteiger charge is -2.26. The molecule has 1 aromatic heterocycles. The standard InChI is InChI=1S/C15H23NO4/c1-19-14(17)13-7-6-12(20-13)10-16-11-15(18)8-4-2-3-5-9-15/h6-7,16,18H,2-5,8-11H2,1H3. The van der Waals surface area contributed by atoms with Crippen molar-refractivity contribution < 1.29 is 19.1 Å². The predicted octanol–water partition coefficient (Wildman–Crippen LogP) is 2.24. The molecule has 0 atom stereocenters. The van der Waals surface area contributed by atoms with Crippen LogP contribution >= 0.6 is 0 Å². The van der Waals surface area contributed by atoms with E-state index in [1.54, 1.807) is 12.1 Å². The summed E-state index contributed by atoms with van der Waals surface area (Å²) in [5.41, 5.74) is -0.603. The lowest BCUT2D eigenvalue weighted by molar-refractivity contribution is 0.0246. The molecule has 1 aromatic rings. The summed E-state index contributed by atoms with van der Waals surface area (Å²) in [7, 11) is 1.32. The molecular formula is C15H23NO4. The van der Waals surface area contributed by atoms with Gasteiger partial charge < -0.3 is 19.6 Å². The normalized spacial score (nSPS) is 18.5. The molecule has 0 aromatic carbocycles. The molecule has 0 saturated heterocycles. The number of rotatable bonds is 5. The van der Waals surface area contributed by atoms with Crippen LogP contribution in [0.1, 0.15) is 54.8 Å². The van der Waals surface area contributed by atoms with Gasteiger partial charge >= 0.3 is 5.97 Å². The molecule has 20 heavy (non-hydrogen) atoms. The predicted molar refractivity (Wildman–Crippen MR) is 74.4 cm³/mol. The summed E-state index contributed by atoms with van der Waals surface area (Å²) < 4.78 is 9.95. The minimum Gasteiger partial charge on any atom is -0.463 e. The van der Waals surface area contributed by atoms with E-state index < -0.39 is 11.6 Å². The number of carbonyl (C=O) groups excluding carboxylic acids is 1. The molecule has 0 bridgehead atoms. The largest absolute Gasteiger partial charge is 0.463 e. The topological polar surface area (TPSA) is 71.7 Å². The smallest absolute Gasteiger partial charge is 0.373 e. The number of carbonyl (C=O) groups is 1. The zero-order valence-electron chi connectivity index (χ0n) is 12.0. The van der Waals surface area contributed by atoms with E-state index in [0.29, 0.717) is 18.8 Å². The lowest BCUT2D eigenvalue weighted by atomic mass is 9.94. The van der Waals surface area contributed by atoms with Gasteiger partial charge in [-0.15, -0.1) is 0 Å². The molecule has 1 fully saturated rings. The van der Waals surface area contributed by atoms with E-state index in [2.05, 4.69) is 10.1 Å². The van der Waals surface area contributed by atoms with E-state index in [-0.39, 0.29) is 5.76 Å². The van der Waals surface area contributed by atoms with Gasteiger partial charge in [0.2, 0.25) is 5.76 Å². The summed E-state index contributed by atoms with van der Waals surface area (Å²) >= 11 is 0. The quantitative estimate of drug-likeness (QED) is 0.639. The zero-order valence-corrected chi connectivity index (χ0v) is 12.0. The van der Waals surface area contributed by atoms with Gasteiger partial charge in [0.1, 0.15) is 5.76 Å². The van der Waals surface area contributed by atoms with Crippen LogP contribution in [0.25, 0.3) is 0 Å². The number of nitrogens with one attached hydrogen (secondary N) is 1. The van der Waals surface area contributed by atoms with Gasteiger partial charge in [-0.3, -0.25) is 0 Å². The Kier molecular flexibility index (Phi) is 5.20. The first-order valence-electron chi connectivity index (χ1n) is 7.23. The average molecular weight is 281 g/mol. The second-order valence-corrected chi connectivity index (χ2v) is 5.50. The SMILES string of the molecule is COC(=O)c1ccc(CNCC2(O)CCCCCC2)o1. The average Bonchev–Trinajstić information content (AvgIpc) is 2.80. The summed E-state index contributed by atoms with van der Waals surface area (Å²) in [6.45, 7) is 1.06. The van der Waals surface area contributed by atoms with Gasteiger partial charge in [-0.1, -0.05) is 25.7 Å². The number of aliphatic hydroxyl groups is 1. The summed E-state index contributed by atoms with van der Waals surface area (Å²) in [6.07, 6.45) is 6.31. The van der Waals surface area contributed by atoms with Crippen LogP contribution in [0.2, 0.25) is 0 Å². The molecule has 1 heterocycles. The fraction of sp³-hybridized carbons (Fsp3) is 0.667. The van der Waals surface area contributed by atoms with Crippen LogP contribution in [0, 0.1) is 0 Å². The Balaban J connectivity index is 1.80. The molecule has 1 aliphatic carbocycles. The second-order valence-electron chi connectivity index (χ2n) is 5.50. The Morgan fingerprint density at radius 2 is 2.05 bits per heavy atom. The number of methoxy groups -OCH3 is 1. The Morgan fingerprint density at radius 3 is 2.70 bits per heavy atom. The Morgan fingerprint density at radius 1 is 1.35 bits per heavy atom. The van der Waals surface area contributed by atoms with Gasteiger partial charge in [-0.2, -0.15) is 0 Å². The van der Waals surface area contributed by atoms with Crippen LogP contribution in [-0.2, 0) is 11.3 Å². The van der Waals surface area contributed by atoms with Gasteiger partial charge in [0, 0.05) is 6.54 Å². The Labute approximate surface area is 119 Å². The maximum Gasteiger partial charge on any atom is 0.373 e. The fourth-order valence-corrected chi connectivity index (χ4v) is 2.67. The summed E-state index contributed by atoms with van der Waals surface area (Å²) in [5, 5.41) is 13.7. The highest BCUT2D eigenvalue weighted by Gasteiger charge is 2.27. The number of hydrogen-bond donors (Lipinski definition) is 2. The molecule has 1 aliphatic rings. The van der Waals surface area contributed by atoms with E-state index >= 15 is 0 Å². The third kappa shape index (κ3) is 4.08. The minimum absolute atomic E-state index is 0.206. The van der Waals surface area contributed by atoms with E-state index in [1.807, 2.05) is 0 Å². The third-order valence-corrected chi connectivity index (χ3v) is 3.84. The highest BCUT2D eigenvalue weighted by atomic mass is 16.5. The van der Waals surface area contributed by atoms with Crippen molar-refractivity contribution in [2.45, 2.75) is 50.7 Å². The monoisotopic (exact) mass is 281 g/mol. The molecule has 0 spiro atoms. The van der Waals surface area contributed by atoms with Crippen molar-refractivity contribution in [2.75, 3.05) is 13.7 Å². The Hall–Kier alpha value is -1.33. The summed E-state index contributed by atoms with van der Waals surface area (Å²) in [4.78, 5) is 11.3. The molecule has 0 radical (unpaired) electrons. The fourth-order valence-electron chi connectivity index (χ4n) is 2.67. The molecule has 2 rings (SSSR count).